The minimum atomic E-state index is -0.178. The van der Waals surface area contributed by atoms with Crippen LogP contribution in [0.3, 0.4) is 0 Å². The summed E-state index contributed by atoms with van der Waals surface area (Å²) in [7, 11) is 1.40. The van der Waals surface area contributed by atoms with Crippen molar-refractivity contribution in [2.24, 2.45) is 0 Å². The molecular weight excluding hydrogens is 464 g/mol. The SMILES string of the molecule is CCN(CC)c1ccc(C(=O)NC2CCc3cc(C=CC(=O)CCCCCCC(=O)OC)ccc32)cc1. The molecule has 1 unspecified atom stereocenters. The molecule has 0 heterocycles. The average molecular weight is 505 g/mol. The lowest BCUT2D eigenvalue weighted by molar-refractivity contribution is -0.140. The van der Waals surface area contributed by atoms with Crippen molar-refractivity contribution < 1.29 is 19.1 Å². The van der Waals surface area contributed by atoms with Crippen molar-refractivity contribution in [2.75, 3.05) is 25.1 Å². The largest absolute Gasteiger partial charge is 0.469 e. The van der Waals surface area contributed by atoms with Gasteiger partial charge < -0.3 is 15.0 Å². The highest BCUT2D eigenvalue weighted by molar-refractivity contribution is 5.95. The Morgan fingerprint density at radius 3 is 2.35 bits per heavy atom. The molecule has 1 aliphatic carbocycles. The number of fused-ring (bicyclic) bond motifs is 1. The highest BCUT2D eigenvalue weighted by Gasteiger charge is 2.24. The third kappa shape index (κ3) is 8.31. The van der Waals surface area contributed by atoms with Crippen molar-refractivity contribution in [2.45, 2.75) is 71.3 Å². The van der Waals surface area contributed by atoms with Gasteiger partial charge in [-0.3, -0.25) is 14.4 Å². The van der Waals surface area contributed by atoms with Crippen LogP contribution in [0.4, 0.5) is 5.69 Å². The molecule has 198 valence electrons. The van der Waals surface area contributed by atoms with Gasteiger partial charge in [0, 0.05) is 37.2 Å². The topological polar surface area (TPSA) is 75.7 Å². The van der Waals surface area contributed by atoms with Gasteiger partial charge in [0.05, 0.1) is 13.2 Å². The molecule has 1 atom stereocenters. The third-order valence-electron chi connectivity index (χ3n) is 7.05. The number of carbonyl (C=O) groups is 3. The number of benzene rings is 2. The lowest BCUT2D eigenvalue weighted by Gasteiger charge is -2.21. The number of allylic oxidation sites excluding steroid dienone is 1. The Kier molecular flexibility index (Phi) is 10.9. The van der Waals surface area contributed by atoms with Gasteiger partial charge in [0.2, 0.25) is 0 Å². The van der Waals surface area contributed by atoms with Crippen LogP contribution in [0.25, 0.3) is 6.08 Å². The fourth-order valence-corrected chi connectivity index (χ4v) is 4.84. The van der Waals surface area contributed by atoms with Crippen LogP contribution in [0, 0.1) is 0 Å². The summed E-state index contributed by atoms with van der Waals surface area (Å²) in [4.78, 5) is 38.5. The molecular formula is C31H40N2O4. The van der Waals surface area contributed by atoms with Crippen LogP contribution < -0.4 is 10.2 Å². The van der Waals surface area contributed by atoms with Crippen molar-refractivity contribution in [3.63, 3.8) is 0 Å². The molecule has 0 bridgehead atoms. The van der Waals surface area contributed by atoms with E-state index in [9.17, 15) is 14.4 Å². The number of nitrogens with one attached hydrogen (secondary N) is 1. The first-order valence-electron chi connectivity index (χ1n) is 13.5. The van der Waals surface area contributed by atoms with E-state index in [1.165, 1.54) is 12.7 Å². The molecule has 0 aliphatic heterocycles. The molecule has 1 aliphatic rings. The summed E-state index contributed by atoms with van der Waals surface area (Å²) in [5, 5.41) is 3.19. The number of esters is 1. The Bertz CT molecular complexity index is 1090. The molecule has 1 amide bonds. The summed E-state index contributed by atoms with van der Waals surface area (Å²) in [5.41, 5.74) is 5.18. The number of methoxy groups -OCH3 is 1. The van der Waals surface area contributed by atoms with Gasteiger partial charge in [0.15, 0.2) is 5.78 Å². The summed E-state index contributed by atoms with van der Waals surface area (Å²) >= 11 is 0. The van der Waals surface area contributed by atoms with E-state index < -0.39 is 0 Å². The Hall–Kier alpha value is -3.41. The third-order valence-corrected chi connectivity index (χ3v) is 7.05. The molecule has 0 aromatic heterocycles. The first-order valence-corrected chi connectivity index (χ1v) is 13.5. The van der Waals surface area contributed by atoms with Crippen LogP contribution in [0.5, 0.6) is 0 Å². The Balaban J connectivity index is 1.47. The number of hydrogen-bond acceptors (Lipinski definition) is 5. The van der Waals surface area contributed by atoms with Gasteiger partial charge in [-0.15, -0.1) is 0 Å². The van der Waals surface area contributed by atoms with Gasteiger partial charge in [-0.2, -0.15) is 0 Å². The van der Waals surface area contributed by atoms with Gasteiger partial charge in [-0.25, -0.2) is 0 Å². The average Bonchev–Trinajstić information content (AvgIpc) is 3.32. The maximum atomic E-state index is 12.9. The van der Waals surface area contributed by atoms with Gasteiger partial charge >= 0.3 is 5.97 Å². The zero-order valence-electron chi connectivity index (χ0n) is 22.4. The number of ketones is 1. The number of hydrogen-bond donors (Lipinski definition) is 1. The molecule has 0 spiro atoms. The van der Waals surface area contributed by atoms with Crippen LogP contribution in [-0.2, 0) is 20.7 Å². The van der Waals surface area contributed by atoms with Gasteiger partial charge in [0.1, 0.15) is 0 Å². The normalized spacial score (nSPS) is 14.4. The molecule has 0 saturated carbocycles. The van der Waals surface area contributed by atoms with Gasteiger partial charge in [-0.05, 0) is 86.6 Å². The van der Waals surface area contributed by atoms with E-state index in [0.717, 1.165) is 68.4 Å². The first-order chi connectivity index (χ1) is 17.9. The number of nitrogens with zero attached hydrogens (tertiary/aromatic N) is 1. The van der Waals surface area contributed by atoms with E-state index >= 15 is 0 Å². The summed E-state index contributed by atoms with van der Waals surface area (Å²) in [6.07, 6.45) is 9.77. The van der Waals surface area contributed by atoms with E-state index in [4.69, 9.17) is 0 Å². The zero-order valence-corrected chi connectivity index (χ0v) is 22.4. The molecule has 6 nitrogen and oxygen atoms in total. The maximum Gasteiger partial charge on any atom is 0.305 e. The van der Waals surface area contributed by atoms with Crippen LogP contribution in [0.15, 0.2) is 48.5 Å². The molecule has 1 N–H and O–H groups in total. The minimum absolute atomic E-state index is 0.00352. The molecule has 0 fully saturated rings. The number of ether oxygens (including phenoxy) is 1. The molecule has 37 heavy (non-hydrogen) atoms. The minimum Gasteiger partial charge on any atom is -0.469 e. The van der Waals surface area contributed by atoms with E-state index in [2.05, 4.69) is 40.9 Å². The Labute approximate surface area is 221 Å². The van der Waals surface area contributed by atoms with Crippen molar-refractivity contribution >= 4 is 29.4 Å². The quantitative estimate of drug-likeness (QED) is 0.193. The first kappa shape index (κ1) is 28.2. The maximum absolute atomic E-state index is 12.9. The predicted octanol–water partition coefficient (Wildman–Crippen LogP) is 6.05. The van der Waals surface area contributed by atoms with Crippen molar-refractivity contribution in [1.82, 2.24) is 5.32 Å². The number of rotatable bonds is 14. The molecule has 0 saturated heterocycles. The van der Waals surface area contributed by atoms with E-state index in [-0.39, 0.29) is 23.7 Å². The number of carbonyl (C=O) groups excluding carboxylic acids is 3. The van der Waals surface area contributed by atoms with Crippen LogP contribution in [0.1, 0.15) is 91.9 Å². The highest BCUT2D eigenvalue weighted by atomic mass is 16.5. The fourth-order valence-electron chi connectivity index (χ4n) is 4.84. The zero-order chi connectivity index (χ0) is 26.6. The van der Waals surface area contributed by atoms with E-state index in [1.807, 2.05) is 36.4 Å². The second kappa shape index (κ2) is 14.4. The summed E-state index contributed by atoms with van der Waals surface area (Å²) in [5.74, 6) is -0.114. The standard InChI is InChI=1S/C31H40N2O4/c1-4-33(5-2)26-17-14-24(15-18-26)31(36)32-29-21-16-25-22-23(13-20-28(25)29)12-19-27(34)10-8-6-7-9-11-30(35)37-3/h12-15,17-20,22,29H,4-11,16,21H2,1-3H3,(H,32,36). The Morgan fingerprint density at radius 1 is 0.973 bits per heavy atom. The lowest BCUT2D eigenvalue weighted by Crippen LogP contribution is -2.27. The Morgan fingerprint density at radius 2 is 1.68 bits per heavy atom. The molecule has 2 aromatic carbocycles. The number of amides is 1. The van der Waals surface area contributed by atoms with Crippen molar-refractivity contribution in [3.8, 4) is 0 Å². The van der Waals surface area contributed by atoms with Crippen molar-refractivity contribution in [3.05, 3.63) is 70.8 Å². The highest BCUT2D eigenvalue weighted by Crippen LogP contribution is 2.32. The molecule has 6 heteroatoms. The monoisotopic (exact) mass is 504 g/mol. The summed E-state index contributed by atoms with van der Waals surface area (Å²) < 4.78 is 4.63. The molecule has 0 radical (unpaired) electrons. The van der Waals surface area contributed by atoms with Gasteiger partial charge in [-0.1, -0.05) is 37.1 Å². The van der Waals surface area contributed by atoms with Gasteiger partial charge in [0.25, 0.3) is 5.91 Å². The lowest BCUT2D eigenvalue weighted by atomic mass is 10.0. The predicted molar refractivity (Wildman–Crippen MR) is 149 cm³/mol. The number of anilines is 1. The van der Waals surface area contributed by atoms with Crippen LogP contribution >= 0.6 is 0 Å². The number of aryl methyl sites for hydroxylation is 1. The summed E-state index contributed by atoms with van der Waals surface area (Å²) in [6.45, 7) is 6.12. The van der Waals surface area contributed by atoms with Crippen molar-refractivity contribution in [1.29, 1.82) is 0 Å². The molecule has 3 rings (SSSR count). The smallest absolute Gasteiger partial charge is 0.305 e. The van der Waals surface area contributed by atoms with E-state index in [0.29, 0.717) is 18.4 Å². The van der Waals surface area contributed by atoms with Crippen LogP contribution in [0.2, 0.25) is 0 Å². The molecule has 2 aromatic rings. The summed E-state index contributed by atoms with van der Waals surface area (Å²) in [6, 6.07) is 14.0. The van der Waals surface area contributed by atoms with Crippen LogP contribution in [-0.4, -0.2) is 37.9 Å². The second-order valence-corrected chi connectivity index (χ2v) is 9.53. The number of unbranched alkanes of at least 4 members (excludes halogenated alkanes) is 3. The second-order valence-electron chi connectivity index (χ2n) is 9.53. The fraction of sp³-hybridized carbons (Fsp3) is 0.452. The van der Waals surface area contributed by atoms with E-state index in [1.54, 1.807) is 6.08 Å².